The molecule has 0 unspecified atom stereocenters. The Bertz CT molecular complexity index is 542. The van der Waals surface area contributed by atoms with E-state index in [1.165, 1.54) is 0 Å². The zero-order valence-electron chi connectivity index (χ0n) is 9.08. The van der Waals surface area contributed by atoms with E-state index >= 15 is 0 Å². The normalized spacial score (nSPS) is 17.6. The molecule has 1 aromatic heterocycles. The average Bonchev–Trinajstić information content (AvgIpc) is 2.58. The largest absolute Gasteiger partial charge is 0.548 e. The van der Waals surface area contributed by atoms with E-state index in [1.807, 2.05) is 12.1 Å². The van der Waals surface area contributed by atoms with E-state index < -0.39 is 18.4 Å². The first kappa shape index (κ1) is 12.7. The van der Waals surface area contributed by atoms with Crippen molar-refractivity contribution in [1.29, 1.82) is 0 Å². The third-order valence-electron chi connectivity index (χ3n) is 2.18. The SMILES string of the molecule is O=C([O-])CN1C(=O)/C(=C\c2cccc[nH+]2)SC1=S. The number of nitrogens with one attached hydrogen (secondary N) is 1. The number of H-pyrrole nitrogens is 1. The minimum Gasteiger partial charge on any atom is -0.548 e. The highest BCUT2D eigenvalue weighted by molar-refractivity contribution is 8.26. The molecule has 2 heterocycles. The van der Waals surface area contributed by atoms with Crippen LogP contribution in [-0.2, 0) is 9.59 Å². The van der Waals surface area contributed by atoms with Crippen molar-refractivity contribution in [2.24, 2.45) is 0 Å². The highest BCUT2D eigenvalue weighted by Crippen LogP contribution is 2.31. The van der Waals surface area contributed by atoms with Gasteiger partial charge < -0.3 is 9.90 Å². The van der Waals surface area contributed by atoms with E-state index in [0.717, 1.165) is 22.4 Å². The van der Waals surface area contributed by atoms with Crippen LogP contribution in [0.2, 0.25) is 0 Å². The maximum atomic E-state index is 11.9. The van der Waals surface area contributed by atoms with Gasteiger partial charge in [0.1, 0.15) is 4.32 Å². The Kier molecular flexibility index (Phi) is 3.73. The molecule has 1 aliphatic rings. The monoisotopic (exact) mass is 280 g/mol. The molecule has 0 spiro atoms. The highest BCUT2D eigenvalue weighted by atomic mass is 32.2. The number of aromatic amines is 1. The molecule has 18 heavy (non-hydrogen) atoms. The summed E-state index contributed by atoms with van der Waals surface area (Å²) in [6, 6.07) is 5.44. The van der Waals surface area contributed by atoms with Crippen LogP contribution in [0.3, 0.4) is 0 Å². The van der Waals surface area contributed by atoms with E-state index in [1.54, 1.807) is 18.3 Å². The molecular formula is C11H8N2O3S2. The molecule has 1 aromatic rings. The van der Waals surface area contributed by atoms with Crippen LogP contribution in [0.4, 0.5) is 0 Å². The number of carbonyl (C=O) groups is 2. The second-order valence-electron chi connectivity index (χ2n) is 3.46. The molecule has 1 aliphatic heterocycles. The van der Waals surface area contributed by atoms with Gasteiger partial charge in [-0.15, -0.1) is 0 Å². The van der Waals surface area contributed by atoms with Crippen molar-refractivity contribution in [1.82, 2.24) is 4.90 Å². The molecule has 1 amide bonds. The minimum atomic E-state index is -1.33. The third kappa shape index (κ3) is 2.74. The fourth-order valence-corrected chi connectivity index (χ4v) is 2.65. The summed E-state index contributed by atoms with van der Waals surface area (Å²) in [5.41, 5.74) is 0.742. The van der Waals surface area contributed by atoms with E-state index in [4.69, 9.17) is 12.2 Å². The van der Waals surface area contributed by atoms with Crippen molar-refractivity contribution >= 4 is 46.3 Å². The van der Waals surface area contributed by atoms with Crippen molar-refractivity contribution in [3.05, 3.63) is 35.0 Å². The molecule has 2 rings (SSSR count). The molecule has 92 valence electrons. The molecule has 1 fully saturated rings. The number of amides is 1. The first-order chi connectivity index (χ1) is 8.58. The first-order valence-corrected chi connectivity index (χ1v) is 6.22. The molecular weight excluding hydrogens is 272 g/mol. The van der Waals surface area contributed by atoms with Gasteiger partial charge in [-0.05, 0) is 6.07 Å². The summed E-state index contributed by atoms with van der Waals surface area (Å²) in [6.07, 6.45) is 3.36. The Morgan fingerprint density at radius 1 is 1.56 bits per heavy atom. The summed E-state index contributed by atoms with van der Waals surface area (Å²) in [6.45, 7) is -0.513. The summed E-state index contributed by atoms with van der Waals surface area (Å²) in [5, 5.41) is 10.5. The van der Waals surface area contributed by atoms with Crippen molar-refractivity contribution in [3.63, 3.8) is 0 Å². The molecule has 0 aromatic carbocycles. The van der Waals surface area contributed by atoms with Crippen LogP contribution in [-0.4, -0.2) is 27.6 Å². The molecule has 0 bridgehead atoms. The Morgan fingerprint density at radius 2 is 2.33 bits per heavy atom. The standard InChI is InChI=1S/C11H8N2O3S2/c14-9(15)6-13-10(16)8(18-11(13)17)5-7-3-1-2-4-12-7/h1-5H,6H2,(H,14,15)/b8-5+. The fourth-order valence-electron chi connectivity index (χ4n) is 1.40. The Hall–Kier alpha value is -1.73. The topological polar surface area (TPSA) is 74.6 Å². The van der Waals surface area contributed by atoms with Gasteiger partial charge in [0, 0.05) is 18.2 Å². The number of thioether (sulfide) groups is 1. The van der Waals surface area contributed by atoms with Gasteiger partial charge in [0.2, 0.25) is 5.69 Å². The summed E-state index contributed by atoms with van der Waals surface area (Å²) >= 11 is 6.03. The number of carboxylic acid groups (broad SMARTS) is 1. The lowest BCUT2D eigenvalue weighted by Gasteiger charge is -2.14. The van der Waals surface area contributed by atoms with Crippen molar-refractivity contribution in [3.8, 4) is 0 Å². The molecule has 0 aliphatic carbocycles. The van der Waals surface area contributed by atoms with Crippen molar-refractivity contribution in [2.45, 2.75) is 0 Å². The van der Waals surface area contributed by atoms with Crippen LogP contribution in [0.25, 0.3) is 6.08 Å². The van der Waals surface area contributed by atoms with Crippen molar-refractivity contribution in [2.75, 3.05) is 6.54 Å². The van der Waals surface area contributed by atoms with E-state index in [0.29, 0.717) is 4.91 Å². The summed E-state index contributed by atoms with van der Waals surface area (Å²) in [4.78, 5) is 26.8. The van der Waals surface area contributed by atoms with Gasteiger partial charge >= 0.3 is 0 Å². The molecule has 0 atom stereocenters. The Morgan fingerprint density at radius 3 is 2.94 bits per heavy atom. The van der Waals surface area contributed by atoms with Gasteiger partial charge in [-0.2, -0.15) is 0 Å². The van der Waals surface area contributed by atoms with Crippen LogP contribution in [0, 0.1) is 0 Å². The van der Waals surface area contributed by atoms with Crippen LogP contribution in [0.5, 0.6) is 0 Å². The van der Waals surface area contributed by atoms with Crippen LogP contribution < -0.4 is 10.1 Å². The molecule has 7 heteroatoms. The number of carbonyl (C=O) groups excluding carboxylic acids is 2. The zero-order chi connectivity index (χ0) is 13.1. The van der Waals surface area contributed by atoms with Gasteiger partial charge in [-0.1, -0.05) is 24.0 Å². The lowest BCUT2D eigenvalue weighted by atomic mass is 10.3. The van der Waals surface area contributed by atoms with Crippen LogP contribution >= 0.6 is 24.0 Å². The average molecular weight is 280 g/mol. The minimum absolute atomic E-state index is 0.228. The number of pyridine rings is 1. The van der Waals surface area contributed by atoms with Gasteiger partial charge in [-0.25, -0.2) is 4.98 Å². The van der Waals surface area contributed by atoms with E-state index in [-0.39, 0.29) is 4.32 Å². The summed E-state index contributed by atoms with van der Waals surface area (Å²) < 4.78 is 0.228. The molecule has 1 saturated heterocycles. The number of rotatable bonds is 3. The second-order valence-corrected chi connectivity index (χ2v) is 5.13. The van der Waals surface area contributed by atoms with Gasteiger partial charge in [-0.3, -0.25) is 9.69 Å². The lowest BCUT2D eigenvalue weighted by Crippen LogP contribution is -2.40. The fraction of sp³-hybridized carbons (Fsp3) is 0.0909. The number of hydrogen-bond acceptors (Lipinski definition) is 5. The van der Waals surface area contributed by atoms with Crippen molar-refractivity contribution < 1.29 is 19.7 Å². The number of hydrogen-bond donors (Lipinski definition) is 0. The third-order valence-corrected chi connectivity index (χ3v) is 3.56. The van der Waals surface area contributed by atoms with Gasteiger partial charge in [0.15, 0.2) is 6.20 Å². The summed E-state index contributed by atoms with van der Waals surface area (Å²) in [5.74, 6) is -1.75. The summed E-state index contributed by atoms with van der Waals surface area (Å²) in [7, 11) is 0. The molecule has 0 radical (unpaired) electrons. The predicted molar refractivity (Wildman–Crippen MR) is 67.9 cm³/mol. The lowest BCUT2D eigenvalue weighted by molar-refractivity contribution is -0.380. The number of aromatic nitrogens is 1. The van der Waals surface area contributed by atoms with Crippen LogP contribution in [0.15, 0.2) is 29.3 Å². The molecule has 5 nitrogen and oxygen atoms in total. The van der Waals surface area contributed by atoms with E-state index in [2.05, 4.69) is 4.98 Å². The zero-order valence-corrected chi connectivity index (χ0v) is 10.7. The maximum absolute atomic E-state index is 11.9. The second kappa shape index (κ2) is 5.28. The molecule has 1 N–H and O–H groups in total. The van der Waals surface area contributed by atoms with Gasteiger partial charge in [0.25, 0.3) is 5.91 Å². The smallest absolute Gasteiger partial charge is 0.266 e. The number of aliphatic carboxylic acids is 1. The molecule has 0 saturated carbocycles. The Labute approximate surface area is 113 Å². The quantitative estimate of drug-likeness (QED) is 0.549. The number of nitrogens with zero attached hydrogens (tertiary/aromatic N) is 1. The van der Waals surface area contributed by atoms with Crippen LogP contribution in [0.1, 0.15) is 5.69 Å². The maximum Gasteiger partial charge on any atom is 0.266 e. The number of carboxylic acids is 1. The first-order valence-electron chi connectivity index (χ1n) is 5.00. The number of thiocarbonyl (C=S) groups is 1. The Balaban J connectivity index is 2.23. The van der Waals surface area contributed by atoms with E-state index in [9.17, 15) is 14.7 Å². The highest BCUT2D eigenvalue weighted by Gasteiger charge is 2.32. The predicted octanol–water partition coefficient (Wildman–Crippen LogP) is -0.548. The van der Waals surface area contributed by atoms with Gasteiger partial charge in [0.05, 0.1) is 17.4 Å².